The first-order chi connectivity index (χ1) is 12.0. The van der Waals surface area contributed by atoms with Crippen molar-refractivity contribution >= 4 is 29.1 Å². The fourth-order valence-electron chi connectivity index (χ4n) is 2.21. The molecule has 2 rings (SSSR count). The highest BCUT2D eigenvalue weighted by Gasteiger charge is 2.13. The Hall–Kier alpha value is -2.67. The van der Waals surface area contributed by atoms with Gasteiger partial charge in [-0.3, -0.25) is 9.59 Å². The van der Waals surface area contributed by atoms with Gasteiger partial charge >= 0.3 is 5.97 Å². The van der Waals surface area contributed by atoms with Gasteiger partial charge < -0.3 is 15.3 Å². The summed E-state index contributed by atoms with van der Waals surface area (Å²) in [6.45, 7) is 0.483. The average molecular weight is 360 g/mol. The molecule has 0 radical (unpaired) electrons. The highest BCUT2D eigenvalue weighted by molar-refractivity contribution is 7.09. The molecule has 1 heterocycles. The zero-order chi connectivity index (χ0) is 18.2. The van der Waals surface area contributed by atoms with Gasteiger partial charge in [-0.25, -0.2) is 4.79 Å². The number of hydrogen-bond acceptors (Lipinski definition) is 4. The van der Waals surface area contributed by atoms with Gasteiger partial charge in [-0.05, 0) is 35.6 Å². The van der Waals surface area contributed by atoms with E-state index in [9.17, 15) is 14.4 Å². The van der Waals surface area contributed by atoms with Crippen LogP contribution in [0.5, 0.6) is 0 Å². The summed E-state index contributed by atoms with van der Waals surface area (Å²) >= 11 is 1.57. The summed E-state index contributed by atoms with van der Waals surface area (Å²) in [5.74, 6) is -1.31. The molecule has 2 amide bonds. The van der Waals surface area contributed by atoms with Crippen LogP contribution >= 0.6 is 11.3 Å². The van der Waals surface area contributed by atoms with Gasteiger partial charge in [0, 0.05) is 18.3 Å². The van der Waals surface area contributed by atoms with Crippen LogP contribution in [0.25, 0.3) is 0 Å². The number of aromatic carboxylic acids is 1. The fraction of sp³-hybridized carbons (Fsp3) is 0.278. The molecule has 0 fully saturated rings. The maximum absolute atomic E-state index is 12.1. The van der Waals surface area contributed by atoms with Crippen molar-refractivity contribution < 1.29 is 19.5 Å². The van der Waals surface area contributed by atoms with Crippen molar-refractivity contribution in [2.45, 2.75) is 19.4 Å². The highest BCUT2D eigenvalue weighted by atomic mass is 32.1. The number of nitrogens with one attached hydrogen (secondary N) is 1. The van der Waals surface area contributed by atoms with Gasteiger partial charge in [-0.15, -0.1) is 11.3 Å². The summed E-state index contributed by atoms with van der Waals surface area (Å²) in [5, 5.41) is 13.6. The minimum atomic E-state index is -0.976. The lowest BCUT2D eigenvalue weighted by Gasteiger charge is -2.16. The van der Waals surface area contributed by atoms with Gasteiger partial charge in [-0.2, -0.15) is 0 Å². The molecule has 132 valence electrons. The Morgan fingerprint density at radius 3 is 2.48 bits per heavy atom. The molecule has 6 nitrogen and oxygen atoms in total. The molecule has 25 heavy (non-hydrogen) atoms. The number of rotatable bonds is 8. The molecule has 0 aliphatic carbocycles. The van der Waals surface area contributed by atoms with Crippen LogP contribution in [0, 0.1) is 0 Å². The highest BCUT2D eigenvalue weighted by Crippen LogP contribution is 2.09. The second kappa shape index (κ2) is 8.98. The SMILES string of the molecule is CN(CC(=O)NCc1cccs1)C(=O)CCc1ccc(C(=O)O)cc1. The van der Waals surface area contributed by atoms with Crippen LogP contribution in [-0.2, 0) is 22.6 Å². The Morgan fingerprint density at radius 1 is 1.16 bits per heavy atom. The van der Waals surface area contributed by atoms with E-state index in [-0.39, 0.29) is 30.3 Å². The van der Waals surface area contributed by atoms with Gasteiger partial charge in [0.1, 0.15) is 0 Å². The number of thiophene rings is 1. The monoisotopic (exact) mass is 360 g/mol. The molecular weight excluding hydrogens is 340 g/mol. The summed E-state index contributed by atoms with van der Waals surface area (Å²) in [6, 6.07) is 10.3. The average Bonchev–Trinajstić information content (AvgIpc) is 3.11. The van der Waals surface area contributed by atoms with Crippen molar-refractivity contribution in [1.29, 1.82) is 0 Å². The smallest absolute Gasteiger partial charge is 0.335 e. The van der Waals surface area contributed by atoms with E-state index in [0.717, 1.165) is 10.4 Å². The van der Waals surface area contributed by atoms with Crippen molar-refractivity contribution in [1.82, 2.24) is 10.2 Å². The maximum Gasteiger partial charge on any atom is 0.335 e. The number of carboxylic acid groups (broad SMARTS) is 1. The lowest BCUT2D eigenvalue weighted by atomic mass is 10.1. The first kappa shape index (κ1) is 18.7. The fourth-order valence-corrected chi connectivity index (χ4v) is 2.86. The Labute approximate surface area is 150 Å². The Balaban J connectivity index is 1.73. The van der Waals surface area contributed by atoms with Crippen LogP contribution < -0.4 is 5.32 Å². The molecule has 0 saturated carbocycles. The van der Waals surface area contributed by atoms with Crippen molar-refractivity contribution in [3.63, 3.8) is 0 Å². The van der Waals surface area contributed by atoms with Crippen LogP contribution in [0.15, 0.2) is 41.8 Å². The summed E-state index contributed by atoms with van der Waals surface area (Å²) in [7, 11) is 1.60. The third kappa shape index (κ3) is 6.04. The first-order valence-corrected chi connectivity index (χ1v) is 8.69. The van der Waals surface area contributed by atoms with E-state index in [1.165, 1.54) is 17.0 Å². The van der Waals surface area contributed by atoms with Gasteiger partial charge in [-0.1, -0.05) is 18.2 Å². The van der Waals surface area contributed by atoms with Gasteiger partial charge in [0.15, 0.2) is 0 Å². The molecule has 0 saturated heterocycles. The molecule has 0 unspecified atom stereocenters. The molecule has 1 aromatic carbocycles. The molecule has 0 bridgehead atoms. The number of benzene rings is 1. The van der Waals surface area contributed by atoms with E-state index >= 15 is 0 Å². The van der Waals surface area contributed by atoms with E-state index in [0.29, 0.717) is 13.0 Å². The molecule has 1 aromatic heterocycles. The van der Waals surface area contributed by atoms with Crippen LogP contribution in [0.3, 0.4) is 0 Å². The molecule has 2 aromatic rings. The quantitative estimate of drug-likeness (QED) is 0.755. The second-order valence-corrected chi connectivity index (χ2v) is 6.64. The van der Waals surface area contributed by atoms with Crippen LogP contribution in [-0.4, -0.2) is 41.4 Å². The first-order valence-electron chi connectivity index (χ1n) is 7.81. The molecule has 2 N–H and O–H groups in total. The van der Waals surface area contributed by atoms with Gasteiger partial charge in [0.05, 0.1) is 18.7 Å². The topological polar surface area (TPSA) is 86.7 Å². The van der Waals surface area contributed by atoms with Crippen molar-refractivity contribution in [2.75, 3.05) is 13.6 Å². The number of carbonyl (C=O) groups excluding carboxylic acids is 2. The predicted octanol–water partition coefficient (Wildman–Crippen LogP) is 2.15. The Bertz CT molecular complexity index is 726. The molecule has 7 heteroatoms. The molecule has 0 aliphatic heterocycles. The number of amides is 2. The lowest BCUT2D eigenvalue weighted by molar-refractivity contribution is -0.134. The molecule has 0 aliphatic rings. The number of carbonyl (C=O) groups is 3. The standard InChI is InChI=1S/C18H20N2O4S/c1-20(12-16(21)19-11-15-3-2-10-25-15)17(22)9-6-13-4-7-14(8-5-13)18(23)24/h2-5,7-8,10H,6,9,11-12H2,1H3,(H,19,21)(H,23,24). The van der Waals surface area contributed by atoms with Gasteiger partial charge in [0.2, 0.25) is 11.8 Å². The predicted molar refractivity (Wildman–Crippen MR) is 95.5 cm³/mol. The van der Waals surface area contributed by atoms with E-state index in [1.807, 2.05) is 17.5 Å². The third-order valence-electron chi connectivity index (χ3n) is 3.67. The summed E-state index contributed by atoms with van der Waals surface area (Å²) in [4.78, 5) is 37.2. The normalized spacial score (nSPS) is 10.3. The number of hydrogen-bond donors (Lipinski definition) is 2. The maximum atomic E-state index is 12.1. The number of likely N-dealkylation sites (N-methyl/N-ethyl adjacent to an activating group) is 1. The number of carboxylic acids is 1. The van der Waals surface area contributed by atoms with E-state index in [2.05, 4.69) is 5.32 Å². The summed E-state index contributed by atoms with van der Waals surface area (Å²) in [5.41, 5.74) is 1.10. The summed E-state index contributed by atoms with van der Waals surface area (Å²) in [6.07, 6.45) is 0.765. The molecule has 0 spiro atoms. The van der Waals surface area contributed by atoms with Crippen LogP contribution in [0.2, 0.25) is 0 Å². The Kier molecular flexibility index (Phi) is 6.71. The molecular formula is C18H20N2O4S. The van der Waals surface area contributed by atoms with Gasteiger partial charge in [0.25, 0.3) is 0 Å². The summed E-state index contributed by atoms with van der Waals surface area (Å²) < 4.78 is 0. The number of nitrogens with zero attached hydrogens (tertiary/aromatic N) is 1. The zero-order valence-electron chi connectivity index (χ0n) is 13.9. The lowest BCUT2D eigenvalue weighted by Crippen LogP contribution is -2.38. The molecule has 0 atom stereocenters. The third-order valence-corrected chi connectivity index (χ3v) is 4.55. The largest absolute Gasteiger partial charge is 0.478 e. The minimum absolute atomic E-state index is 0.0160. The van der Waals surface area contributed by atoms with Crippen molar-refractivity contribution in [3.8, 4) is 0 Å². The van der Waals surface area contributed by atoms with E-state index in [4.69, 9.17) is 5.11 Å². The zero-order valence-corrected chi connectivity index (χ0v) is 14.7. The van der Waals surface area contributed by atoms with Crippen molar-refractivity contribution in [3.05, 3.63) is 57.8 Å². The van der Waals surface area contributed by atoms with E-state index in [1.54, 1.807) is 30.5 Å². The van der Waals surface area contributed by atoms with Crippen LogP contribution in [0.4, 0.5) is 0 Å². The van der Waals surface area contributed by atoms with E-state index < -0.39 is 5.97 Å². The van der Waals surface area contributed by atoms with Crippen LogP contribution in [0.1, 0.15) is 27.2 Å². The minimum Gasteiger partial charge on any atom is -0.478 e. The second-order valence-electron chi connectivity index (χ2n) is 5.61. The Morgan fingerprint density at radius 2 is 1.88 bits per heavy atom. The van der Waals surface area contributed by atoms with Crippen molar-refractivity contribution in [2.24, 2.45) is 0 Å². The number of aryl methyl sites for hydroxylation is 1.